The third-order valence-corrected chi connectivity index (χ3v) is 8.42. The van der Waals surface area contributed by atoms with Crippen LogP contribution >= 0.6 is 7.92 Å². The van der Waals surface area contributed by atoms with Crippen LogP contribution in [0.1, 0.15) is 48.8 Å². The Hall–Kier alpha value is -1.13. The van der Waals surface area contributed by atoms with Crippen LogP contribution in [0, 0.1) is 20.8 Å². The van der Waals surface area contributed by atoms with Crippen molar-refractivity contribution in [3.05, 3.63) is 59.2 Å². The van der Waals surface area contributed by atoms with Crippen LogP contribution in [0.5, 0.6) is 0 Å². The summed E-state index contributed by atoms with van der Waals surface area (Å²) in [7, 11) is -0.227. The summed E-state index contributed by atoms with van der Waals surface area (Å²) in [5.74, 6) is 0. The summed E-state index contributed by atoms with van der Waals surface area (Å²) in [6.07, 6.45) is 7.08. The van der Waals surface area contributed by atoms with Crippen molar-refractivity contribution in [2.45, 2.75) is 58.5 Å². The van der Waals surface area contributed by atoms with Crippen LogP contribution in [0.4, 0.5) is 0 Å². The van der Waals surface area contributed by atoms with Crippen LogP contribution in [0.2, 0.25) is 0 Å². The molecule has 0 heterocycles. The molecule has 0 nitrogen and oxygen atoms in total. The Kier molecular flexibility index (Phi) is 4.99. The van der Waals surface area contributed by atoms with Crippen molar-refractivity contribution in [1.29, 1.82) is 0 Å². The molecule has 0 bridgehead atoms. The maximum absolute atomic E-state index is 2.40. The number of hydrogen-bond donors (Lipinski definition) is 0. The van der Waals surface area contributed by atoms with Gasteiger partial charge in [0.2, 0.25) is 0 Å². The molecule has 1 unspecified atom stereocenters. The third kappa shape index (κ3) is 3.13. The molecule has 2 aromatic rings. The molecule has 1 aliphatic rings. The zero-order valence-corrected chi connectivity index (χ0v) is 15.0. The van der Waals surface area contributed by atoms with Gasteiger partial charge in [0.1, 0.15) is 0 Å². The normalized spacial score (nSPS) is 17.4. The number of aryl methyl sites for hydroxylation is 2. The fourth-order valence-corrected chi connectivity index (χ4v) is 7.11. The van der Waals surface area contributed by atoms with Crippen molar-refractivity contribution < 1.29 is 0 Å². The largest absolute Gasteiger partial charge is 0.0620 e. The van der Waals surface area contributed by atoms with Gasteiger partial charge >= 0.3 is 0 Å². The second-order valence-electron chi connectivity index (χ2n) is 6.67. The first-order chi connectivity index (χ1) is 10.7. The molecular formula is C21H27P. The highest BCUT2D eigenvalue weighted by atomic mass is 31.1. The Morgan fingerprint density at radius 3 is 2.09 bits per heavy atom. The molecule has 0 aliphatic heterocycles. The average molecular weight is 310 g/mol. The Bertz CT molecular complexity index is 638. The first-order valence-electron chi connectivity index (χ1n) is 8.59. The van der Waals surface area contributed by atoms with Gasteiger partial charge < -0.3 is 0 Å². The lowest BCUT2D eigenvalue weighted by atomic mass is 10.0. The van der Waals surface area contributed by atoms with Gasteiger partial charge in [-0.1, -0.05) is 61.7 Å². The molecule has 116 valence electrons. The maximum Gasteiger partial charge on any atom is -0.0129 e. The Morgan fingerprint density at radius 2 is 1.36 bits per heavy atom. The van der Waals surface area contributed by atoms with Gasteiger partial charge in [-0.25, -0.2) is 0 Å². The summed E-state index contributed by atoms with van der Waals surface area (Å²) in [5.41, 5.74) is 5.29. The molecule has 0 saturated heterocycles. The smallest absolute Gasteiger partial charge is 0.0129 e. The molecule has 3 rings (SSSR count). The van der Waals surface area contributed by atoms with E-state index in [1.165, 1.54) is 48.8 Å². The molecule has 0 N–H and O–H groups in total. The molecule has 0 radical (unpaired) electrons. The second-order valence-corrected chi connectivity index (χ2v) is 9.10. The van der Waals surface area contributed by atoms with Crippen molar-refractivity contribution in [1.82, 2.24) is 0 Å². The van der Waals surface area contributed by atoms with Crippen molar-refractivity contribution in [3.63, 3.8) is 0 Å². The van der Waals surface area contributed by atoms with Crippen molar-refractivity contribution in [3.8, 4) is 0 Å². The Labute approximate surface area is 136 Å². The van der Waals surface area contributed by atoms with E-state index in [-0.39, 0.29) is 7.92 Å². The summed E-state index contributed by atoms with van der Waals surface area (Å²) < 4.78 is 0. The highest BCUT2D eigenvalue weighted by molar-refractivity contribution is 7.73. The van der Waals surface area contributed by atoms with Gasteiger partial charge in [-0.15, -0.1) is 0 Å². The molecule has 0 spiro atoms. The van der Waals surface area contributed by atoms with Crippen LogP contribution < -0.4 is 10.6 Å². The van der Waals surface area contributed by atoms with E-state index in [4.69, 9.17) is 0 Å². The molecule has 22 heavy (non-hydrogen) atoms. The molecule has 1 atom stereocenters. The summed E-state index contributed by atoms with van der Waals surface area (Å²) in [4.78, 5) is 0. The number of benzene rings is 2. The van der Waals surface area contributed by atoms with Gasteiger partial charge in [-0.2, -0.15) is 0 Å². The lowest BCUT2D eigenvalue weighted by Gasteiger charge is -2.33. The minimum absolute atomic E-state index is 0.227. The first kappa shape index (κ1) is 15.8. The van der Waals surface area contributed by atoms with Gasteiger partial charge in [0.15, 0.2) is 0 Å². The molecule has 1 heteroatoms. The lowest BCUT2D eigenvalue weighted by molar-refractivity contribution is 0.513. The van der Waals surface area contributed by atoms with Crippen LogP contribution in [-0.4, -0.2) is 5.66 Å². The standard InChI is InChI=1S/C21H27P/c1-16-11-9-15-21(18(16)3)22(19-12-5-4-6-13-19)20-14-8-7-10-17(20)2/h7-11,14-15,19H,4-6,12-13H2,1-3H3. The topological polar surface area (TPSA) is 0 Å². The Morgan fingerprint density at radius 1 is 0.727 bits per heavy atom. The van der Waals surface area contributed by atoms with Gasteiger partial charge in [-0.05, 0) is 74.5 Å². The third-order valence-electron chi connectivity index (χ3n) is 5.15. The predicted molar refractivity (Wildman–Crippen MR) is 100 cm³/mol. The average Bonchev–Trinajstić information content (AvgIpc) is 2.54. The summed E-state index contributed by atoms with van der Waals surface area (Å²) >= 11 is 0. The van der Waals surface area contributed by atoms with E-state index < -0.39 is 0 Å². The van der Waals surface area contributed by atoms with Gasteiger partial charge in [-0.3, -0.25) is 0 Å². The quantitative estimate of drug-likeness (QED) is 0.668. The van der Waals surface area contributed by atoms with E-state index in [9.17, 15) is 0 Å². The maximum atomic E-state index is 2.40. The molecule has 2 aromatic carbocycles. The van der Waals surface area contributed by atoms with Crippen LogP contribution in [-0.2, 0) is 0 Å². The zero-order valence-electron chi connectivity index (χ0n) is 14.1. The highest BCUT2D eigenvalue weighted by Crippen LogP contribution is 2.47. The number of rotatable bonds is 3. The van der Waals surface area contributed by atoms with E-state index in [1.54, 1.807) is 10.6 Å². The van der Waals surface area contributed by atoms with Crippen molar-refractivity contribution in [2.75, 3.05) is 0 Å². The molecule has 1 saturated carbocycles. The fraction of sp³-hybridized carbons (Fsp3) is 0.429. The van der Waals surface area contributed by atoms with Gasteiger partial charge in [0.25, 0.3) is 0 Å². The molecule has 1 fully saturated rings. The SMILES string of the molecule is Cc1ccccc1P(c1cccc(C)c1C)C1CCCCC1. The van der Waals surface area contributed by atoms with Gasteiger partial charge in [0.05, 0.1) is 0 Å². The predicted octanol–water partition coefficient (Wildman–Crippen LogP) is 5.38. The van der Waals surface area contributed by atoms with Crippen LogP contribution in [0.3, 0.4) is 0 Å². The summed E-state index contributed by atoms with van der Waals surface area (Å²) in [6, 6.07) is 16.0. The summed E-state index contributed by atoms with van der Waals surface area (Å²) in [6.45, 7) is 6.87. The van der Waals surface area contributed by atoms with Crippen LogP contribution in [0.25, 0.3) is 0 Å². The van der Waals surface area contributed by atoms with E-state index >= 15 is 0 Å². The van der Waals surface area contributed by atoms with E-state index in [0.717, 1.165) is 5.66 Å². The van der Waals surface area contributed by atoms with E-state index in [2.05, 4.69) is 63.2 Å². The van der Waals surface area contributed by atoms with Crippen LogP contribution in [0.15, 0.2) is 42.5 Å². The minimum atomic E-state index is -0.227. The number of hydrogen-bond acceptors (Lipinski definition) is 0. The summed E-state index contributed by atoms with van der Waals surface area (Å²) in [5, 5.41) is 3.23. The van der Waals surface area contributed by atoms with E-state index in [1.807, 2.05) is 0 Å². The fourth-order valence-electron chi connectivity index (χ4n) is 3.69. The zero-order chi connectivity index (χ0) is 15.5. The van der Waals surface area contributed by atoms with Crippen molar-refractivity contribution in [2.24, 2.45) is 0 Å². The minimum Gasteiger partial charge on any atom is -0.0620 e. The molecule has 0 amide bonds. The molecule has 0 aromatic heterocycles. The molecule has 1 aliphatic carbocycles. The first-order valence-corrected chi connectivity index (χ1v) is 10.0. The second kappa shape index (κ2) is 6.97. The highest BCUT2D eigenvalue weighted by Gasteiger charge is 2.28. The van der Waals surface area contributed by atoms with E-state index in [0.29, 0.717) is 0 Å². The monoisotopic (exact) mass is 310 g/mol. The Balaban J connectivity index is 2.10. The molecular weight excluding hydrogens is 283 g/mol. The lowest BCUT2D eigenvalue weighted by Crippen LogP contribution is -2.26. The van der Waals surface area contributed by atoms with Gasteiger partial charge in [0, 0.05) is 0 Å². The van der Waals surface area contributed by atoms with Crippen molar-refractivity contribution >= 4 is 18.5 Å².